The Morgan fingerprint density at radius 2 is 1.44 bits per heavy atom. The van der Waals surface area contributed by atoms with Crippen LogP contribution in [0.5, 0.6) is 0 Å². The zero-order valence-corrected chi connectivity index (χ0v) is 11.9. The van der Waals surface area contributed by atoms with Gasteiger partial charge in [-0.05, 0) is 24.2 Å². The van der Waals surface area contributed by atoms with Gasteiger partial charge in [0.1, 0.15) is 0 Å². The van der Waals surface area contributed by atoms with E-state index < -0.39 is 0 Å². The minimum Gasteiger partial charge on any atom is -0.0654 e. The molecule has 0 saturated heterocycles. The first-order valence-electron chi connectivity index (χ1n) is 7.73. The van der Waals surface area contributed by atoms with Crippen LogP contribution < -0.4 is 0 Å². The second-order valence-corrected chi connectivity index (χ2v) is 6.19. The summed E-state index contributed by atoms with van der Waals surface area (Å²) in [6.45, 7) is 7.15. The maximum Gasteiger partial charge on any atom is -0.0295 e. The normalized spacial score (nSPS) is 28.3. The third-order valence-electron chi connectivity index (χ3n) is 4.63. The van der Waals surface area contributed by atoms with Gasteiger partial charge in [0.15, 0.2) is 0 Å². The molecule has 0 N–H and O–H groups in total. The van der Waals surface area contributed by atoms with Crippen LogP contribution in [0.1, 0.15) is 91.4 Å². The molecule has 1 rings (SSSR count). The minimum atomic E-state index is 0.761. The summed E-state index contributed by atoms with van der Waals surface area (Å²) in [4.78, 5) is 0. The summed E-state index contributed by atoms with van der Waals surface area (Å²) in [6, 6.07) is 0. The first-order valence-corrected chi connectivity index (χ1v) is 7.73. The van der Waals surface area contributed by atoms with Gasteiger partial charge in [-0.15, -0.1) is 0 Å². The third kappa shape index (κ3) is 4.89. The molecule has 16 heavy (non-hydrogen) atoms. The van der Waals surface area contributed by atoms with Crippen LogP contribution in [0.2, 0.25) is 0 Å². The van der Waals surface area contributed by atoms with Crippen LogP contribution >= 0.6 is 0 Å². The lowest BCUT2D eigenvalue weighted by Gasteiger charge is -2.09. The van der Waals surface area contributed by atoms with E-state index in [-0.39, 0.29) is 0 Å². The maximum atomic E-state index is 2.50. The molecule has 0 spiro atoms. The molecule has 0 aliphatic heterocycles. The highest BCUT2D eigenvalue weighted by molar-refractivity contribution is 4.97. The molecule has 1 fully saturated rings. The summed E-state index contributed by atoms with van der Waals surface area (Å²) in [5, 5.41) is 0. The van der Waals surface area contributed by atoms with Crippen LogP contribution in [0.15, 0.2) is 0 Å². The van der Waals surface area contributed by atoms with Gasteiger partial charge in [0, 0.05) is 0 Å². The van der Waals surface area contributed by atoms with Crippen molar-refractivity contribution in [2.75, 3.05) is 0 Å². The predicted octanol–water partition coefficient (Wildman–Crippen LogP) is 5.95. The van der Waals surface area contributed by atoms with Crippen molar-refractivity contribution in [3.05, 3.63) is 0 Å². The van der Waals surface area contributed by atoms with E-state index in [1.807, 2.05) is 0 Å². The Bertz CT molecular complexity index is 173. The fourth-order valence-corrected chi connectivity index (χ4v) is 3.11. The molecule has 0 heteroatoms. The second kappa shape index (κ2) is 7.35. The van der Waals surface area contributed by atoms with Gasteiger partial charge in [0.05, 0.1) is 0 Å². The van der Waals surface area contributed by atoms with Gasteiger partial charge in [-0.25, -0.2) is 0 Å². The van der Waals surface area contributed by atoms with Crippen molar-refractivity contribution in [1.82, 2.24) is 0 Å². The summed E-state index contributed by atoms with van der Waals surface area (Å²) in [5.74, 6) is 1.07. The van der Waals surface area contributed by atoms with Crippen LogP contribution in [0.4, 0.5) is 0 Å². The van der Waals surface area contributed by atoms with Crippen LogP contribution in [-0.2, 0) is 0 Å². The van der Waals surface area contributed by atoms with Crippen LogP contribution in [-0.4, -0.2) is 0 Å². The maximum absolute atomic E-state index is 2.50. The molecule has 0 radical (unpaired) electrons. The average Bonchev–Trinajstić information content (AvgIpc) is 2.94. The molecule has 0 aromatic rings. The Kier molecular flexibility index (Phi) is 6.46. The molecule has 96 valence electrons. The fourth-order valence-electron chi connectivity index (χ4n) is 3.11. The third-order valence-corrected chi connectivity index (χ3v) is 4.63. The summed E-state index contributed by atoms with van der Waals surface area (Å²) < 4.78 is 0. The van der Waals surface area contributed by atoms with Gasteiger partial charge in [-0.1, -0.05) is 78.6 Å². The highest BCUT2D eigenvalue weighted by Crippen LogP contribution is 2.57. The molecule has 1 saturated carbocycles. The van der Waals surface area contributed by atoms with E-state index in [2.05, 4.69) is 20.8 Å². The van der Waals surface area contributed by atoms with Gasteiger partial charge in [-0.2, -0.15) is 0 Å². The van der Waals surface area contributed by atoms with Crippen molar-refractivity contribution in [3.8, 4) is 0 Å². The molecule has 2 atom stereocenters. The van der Waals surface area contributed by atoms with E-state index in [0.717, 1.165) is 11.3 Å². The Hall–Kier alpha value is 0. The Balaban J connectivity index is 1.82. The second-order valence-electron chi connectivity index (χ2n) is 6.19. The Labute approximate surface area is 103 Å². The van der Waals surface area contributed by atoms with Gasteiger partial charge < -0.3 is 0 Å². The lowest BCUT2D eigenvalue weighted by Crippen LogP contribution is -1.97. The monoisotopic (exact) mass is 224 g/mol. The number of hydrogen-bond acceptors (Lipinski definition) is 0. The van der Waals surface area contributed by atoms with E-state index in [1.54, 1.807) is 0 Å². The van der Waals surface area contributed by atoms with Crippen LogP contribution in [0, 0.1) is 11.3 Å². The summed E-state index contributed by atoms with van der Waals surface area (Å²) in [5.41, 5.74) is 0.761. The van der Waals surface area contributed by atoms with Crippen molar-refractivity contribution in [3.63, 3.8) is 0 Å². The van der Waals surface area contributed by atoms with Gasteiger partial charge in [0.25, 0.3) is 0 Å². The lowest BCUT2D eigenvalue weighted by molar-refractivity contribution is 0.423. The summed E-state index contributed by atoms with van der Waals surface area (Å²) in [6.07, 6.45) is 16.1. The highest BCUT2D eigenvalue weighted by Gasteiger charge is 2.47. The molecule has 0 bridgehead atoms. The molecule has 0 heterocycles. The van der Waals surface area contributed by atoms with Gasteiger partial charge in [0.2, 0.25) is 0 Å². The van der Waals surface area contributed by atoms with Crippen LogP contribution in [0.3, 0.4) is 0 Å². The lowest BCUT2D eigenvalue weighted by atomic mass is 9.96. The predicted molar refractivity (Wildman–Crippen MR) is 73.7 cm³/mol. The van der Waals surface area contributed by atoms with Crippen molar-refractivity contribution >= 4 is 0 Å². The molecule has 0 aromatic carbocycles. The van der Waals surface area contributed by atoms with E-state index in [0.29, 0.717) is 0 Å². The molecular formula is C16H32. The number of hydrogen-bond donors (Lipinski definition) is 0. The van der Waals surface area contributed by atoms with E-state index >= 15 is 0 Å². The quantitative estimate of drug-likeness (QED) is 0.402. The highest BCUT2D eigenvalue weighted by atomic mass is 14.5. The smallest absolute Gasteiger partial charge is 0.0295 e. The van der Waals surface area contributed by atoms with E-state index in [1.165, 1.54) is 70.6 Å². The van der Waals surface area contributed by atoms with Crippen molar-refractivity contribution in [2.24, 2.45) is 11.3 Å². The minimum absolute atomic E-state index is 0.761. The molecule has 0 amide bonds. The molecule has 0 nitrogen and oxygen atoms in total. The summed E-state index contributed by atoms with van der Waals surface area (Å²) >= 11 is 0. The zero-order chi connectivity index (χ0) is 11.9. The zero-order valence-electron chi connectivity index (χ0n) is 11.9. The summed E-state index contributed by atoms with van der Waals surface area (Å²) in [7, 11) is 0. The molecule has 1 aliphatic carbocycles. The standard InChI is InChI=1S/C16H32/c1-4-6-7-8-9-10-11-12-13-16(3)14-15(16)5-2/h15H,4-14H2,1-3H3. The average molecular weight is 224 g/mol. The van der Waals surface area contributed by atoms with Gasteiger partial charge in [-0.3, -0.25) is 0 Å². The fraction of sp³-hybridized carbons (Fsp3) is 1.00. The largest absolute Gasteiger partial charge is 0.0654 e. The Morgan fingerprint density at radius 1 is 0.875 bits per heavy atom. The van der Waals surface area contributed by atoms with Crippen molar-refractivity contribution in [2.45, 2.75) is 91.4 Å². The molecule has 0 aromatic heterocycles. The Morgan fingerprint density at radius 3 is 1.94 bits per heavy atom. The van der Waals surface area contributed by atoms with Crippen molar-refractivity contribution < 1.29 is 0 Å². The molecular weight excluding hydrogens is 192 g/mol. The van der Waals surface area contributed by atoms with Gasteiger partial charge >= 0.3 is 0 Å². The number of rotatable bonds is 10. The first kappa shape index (κ1) is 14.1. The van der Waals surface area contributed by atoms with Crippen molar-refractivity contribution in [1.29, 1.82) is 0 Å². The van der Waals surface area contributed by atoms with E-state index in [9.17, 15) is 0 Å². The molecule has 2 unspecified atom stereocenters. The SMILES string of the molecule is CCCCCCCCCCC1(C)CC1CC. The number of unbranched alkanes of at least 4 members (excludes halogenated alkanes) is 7. The topological polar surface area (TPSA) is 0 Å². The first-order chi connectivity index (χ1) is 7.73. The molecule has 1 aliphatic rings. The van der Waals surface area contributed by atoms with Crippen LogP contribution in [0.25, 0.3) is 0 Å². The van der Waals surface area contributed by atoms with E-state index in [4.69, 9.17) is 0 Å².